The number of nitrogens with one attached hydrogen (secondary N) is 1. The monoisotopic (exact) mass is 233 g/mol. The fourth-order valence-electron chi connectivity index (χ4n) is 1.07. The Morgan fingerprint density at radius 2 is 2.13 bits per heavy atom. The molecule has 0 fully saturated rings. The van der Waals surface area contributed by atoms with Gasteiger partial charge in [-0.25, -0.2) is 14.6 Å². The zero-order chi connectivity index (χ0) is 11.4. The molecule has 0 bridgehead atoms. The molecule has 1 aromatic carbocycles. The Morgan fingerprint density at radius 1 is 1.47 bits per heavy atom. The van der Waals surface area contributed by atoms with E-state index < -0.39 is 11.6 Å². The number of hydrogen-bond acceptors (Lipinski definition) is 2. The van der Waals surface area contributed by atoms with Crippen molar-refractivity contribution in [3.05, 3.63) is 34.4 Å². The van der Waals surface area contributed by atoms with Gasteiger partial charge in [-0.2, -0.15) is 0 Å². The Bertz CT molecular complexity index is 393. The molecule has 6 heteroatoms. The third-order valence-electron chi connectivity index (χ3n) is 1.72. The van der Waals surface area contributed by atoms with Crippen LogP contribution in [-0.4, -0.2) is 12.4 Å². The van der Waals surface area contributed by atoms with Crippen molar-refractivity contribution >= 4 is 17.4 Å². The summed E-state index contributed by atoms with van der Waals surface area (Å²) in [6.45, 7) is 2.16. The fraction of sp³-hybridized carbons (Fsp3) is 0.222. The molecule has 3 N–H and O–H groups in total. The van der Waals surface area contributed by atoms with E-state index in [2.05, 4.69) is 10.4 Å². The number of amidine groups is 1. The van der Waals surface area contributed by atoms with Gasteiger partial charge in [-0.3, -0.25) is 4.99 Å². The Balaban J connectivity index is 3.24. The van der Waals surface area contributed by atoms with Crippen LogP contribution in [0.25, 0.3) is 0 Å². The highest BCUT2D eigenvalue weighted by molar-refractivity contribution is 6.30. The molecule has 0 aliphatic rings. The first-order chi connectivity index (χ1) is 7.10. The van der Waals surface area contributed by atoms with E-state index in [1.807, 2.05) is 0 Å². The van der Waals surface area contributed by atoms with Gasteiger partial charge in [-0.05, 0) is 19.1 Å². The summed E-state index contributed by atoms with van der Waals surface area (Å²) in [6.07, 6.45) is 0. The number of nitrogens with two attached hydrogens (primary N) is 1. The SMILES string of the molecule is CCN=C(NN)c1cc(F)c(Cl)cc1F. The minimum Gasteiger partial charge on any atom is -0.308 e. The first-order valence-corrected chi connectivity index (χ1v) is 4.64. The molecule has 1 rings (SSSR count). The second-order valence-electron chi connectivity index (χ2n) is 2.71. The standard InChI is InChI=1S/C9H10ClF2N3/c1-2-14-9(15-13)5-3-8(12)6(10)4-7(5)11/h3-4H,2,13H2,1H3,(H,14,15). The number of rotatable bonds is 2. The van der Waals surface area contributed by atoms with E-state index in [-0.39, 0.29) is 16.4 Å². The van der Waals surface area contributed by atoms with Crippen LogP contribution in [0.3, 0.4) is 0 Å². The molecule has 0 saturated carbocycles. The molecule has 0 spiro atoms. The smallest absolute Gasteiger partial charge is 0.145 e. The van der Waals surface area contributed by atoms with E-state index in [4.69, 9.17) is 17.4 Å². The number of aliphatic imine (C=N–C) groups is 1. The maximum Gasteiger partial charge on any atom is 0.145 e. The van der Waals surface area contributed by atoms with Gasteiger partial charge in [-0.15, -0.1) is 0 Å². The maximum absolute atomic E-state index is 13.4. The average molecular weight is 234 g/mol. The zero-order valence-electron chi connectivity index (χ0n) is 8.02. The molecular weight excluding hydrogens is 224 g/mol. The number of hydrazine groups is 1. The molecule has 0 saturated heterocycles. The molecule has 0 atom stereocenters. The van der Waals surface area contributed by atoms with Gasteiger partial charge < -0.3 is 5.43 Å². The summed E-state index contributed by atoms with van der Waals surface area (Å²) < 4.78 is 26.4. The summed E-state index contributed by atoms with van der Waals surface area (Å²) in [4.78, 5) is 3.88. The van der Waals surface area contributed by atoms with Crippen LogP contribution in [-0.2, 0) is 0 Å². The first kappa shape index (κ1) is 11.9. The molecule has 0 amide bonds. The van der Waals surface area contributed by atoms with Crippen molar-refractivity contribution in [2.75, 3.05) is 6.54 Å². The molecule has 1 aromatic rings. The van der Waals surface area contributed by atoms with Crippen LogP contribution in [0.1, 0.15) is 12.5 Å². The van der Waals surface area contributed by atoms with Gasteiger partial charge in [0.05, 0.1) is 10.6 Å². The summed E-state index contributed by atoms with van der Waals surface area (Å²) in [5, 5.41) is -0.274. The van der Waals surface area contributed by atoms with Crippen LogP contribution in [0.4, 0.5) is 8.78 Å². The summed E-state index contributed by atoms with van der Waals surface area (Å²) >= 11 is 5.40. The maximum atomic E-state index is 13.4. The number of halogens is 3. The molecule has 0 unspecified atom stereocenters. The molecule has 0 heterocycles. The van der Waals surface area contributed by atoms with Gasteiger partial charge in [0, 0.05) is 6.54 Å². The van der Waals surface area contributed by atoms with Gasteiger partial charge in [0.15, 0.2) is 0 Å². The molecule has 15 heavy (non-hydrogen) atoms. The predicted molar refractivity (Wildman–Crippen MR) is 55.8 cm³/mol. The van der Waals surface area contributed by atoms with E-state index in [1.165, 1.54) is 0 Å². The summed E-state index contributed by atoms with van der Waals surface area (Å²) in [6, 6.07) is 1.83. The van der Waals surface area contributed by atoms with E-state index in [0.717, 1.165) is 12.1 Å². The lowest BCUT2D eigenvalue weighted by Crippen LogP contribution is -2.32. The van der Waals surface area contributed by atoms with Crippen LogP contribution >= 0.6 is 11.6 Å². The van der Waals surface area contributed by atoms with E-state index in [0.29, 0.717) is 6.54 Å². The van der Waals surface area contributed by atoms with Gasteiger partial charge >= 0.3 is 0 Å². The van der Waals surface area contributed by atoms with E-state index in [9.17, 15) is 8.78 Å². The van der Waals surface area contributed by atoms with Crippen LogP contribution in [0.5, 0.6) is 0 Å². The molecule has 0 aliphatic carbocycles. The first-order valence-electron chi connectivity index (χ1n) is 4.26. The van der Waals surface area contributed by atoms with Crippen LogP contribution in [0.15, 0.2) is 17.1 Å². The van der Waals surface area contributed by atoms with Crippen molar-refractivity contribution in [2.24, 2.45) is 10.8 Å². The highest BCUT2D eigenvalue weighted by Gasteiger charge is 2.12. The van der Waals surface area contributed by atoms with Crippen molar-refractivity contribution in [1.82, 2.24) is 5.43 Å². The Kier molecular flexibility index (Phi) is 3.99. The summed E-state index contributed by atoms with van der Waals surface area (Å²) in [5.41, 5.74) is 2.17. The van der Waals surface area contributed by atoms with Crippen molar-refractivity contribution in [2.45, 2.75) is 6.92 Å². The minimum atomic E-state index is -0.716. The minimum absolute atomic E-state index is 0.0405. The quantitative estimate of drug-likeness (QED) is 0.269. The largest absolute Gasteiger partial charge is 0.308 e. The molecule has 0 radical (unpaired) electrons. The normalized spacial score (nSPS) is 11.7. The second-order valence-corrected chi connectivity index (χ2v) is 3.12. The summed E-state index contributed by atoms with van der Waals surface area (Å²) in [5.74, 6) is 3.84. The Labute approximate surface area is 90.9 Å². The summed E-state index contributed by atoms with van der Waals surface area (Å²) in [7, 11) is 0. The third-order valence-corrected chi connectivity index (χ3v) is 2.01. The second kappa shape index (κ2) is 5.04. The van der Waals surface area contributed by atoms with Crippen molar-refractivity contribution < 1.29 is 8.78 Å². The lowest BCUT2D eigenvalue weighted by atomic mass is 10.2. The van der Waals surface area contributed by atoms with E-state index in [1.54, 1.807) is 6.92 Å². The topological polar surface area (TPSA) is 50.4 Å². The lowest BCUT2D eigenvalue weighted by Gasteiger charge is -2.07. The lowest BCUT2D eigenvalue weighted by molar-refractivity contribution is 0.597. The van der Waals surface area contributed by atoms with Crippen LogP contribution in [0.2, 0.25) is 5.02 Å². The van der Waals surface area contributed by atoms with Gasteiger partial charge in [0.2, 0.25) is 0 Å². The van der Waals surface area contributed by atoms with Gasteiger partial charge in [0.25, 0.3) is 0 Å². The van der Waals surface area contributed by atoms with Gasteiger partial charge in [0.1, 0.15) is 17.5 Å². The Hall–Kier alpha value is -1.20. The van der Waals surface area contributed by atoms with Crippen LogP contribution < -0.4 is 11.3 Å². The fourth-order valence-corrected chi connectivity index (χ4v) is 1.22. The zero-order valence-corrected chi connectivity index (χ0v) is 8.78. The van der Waals surface area contributed by atoms with Crippen LogP contribution in [0, 0.1) is 11.6 Å². The van der Waals surface area contributed by atoms with E-state index >= 15 is 0 Å². The highest BCUT2D eigenvalue weighted by Crippen LogP contribution is 2.19. The molecule has 0 aliphatic heterocycles. The number of hydrogen-bond donors (Lipinski definition) is 2. The van der Waals surface area contributed by atoms with Crippen molar-refractivity contribution in [3.63, 3.8) is 0 Å². The molecule has 3 nitrogen and oxygen atoms in total. The highest BCUT2D eigenvalue weighted by atomic mass is 35.5. The number of nitrogens with zero attached hydrogens (tertiary/aromatic N) is 1. The molecule has 82 valence electrons. The Morgan fingerprint density at radius 3 is 2.67 bits per heavy atom. The predicted octanol–water partition coefficient (Wildman–Crippen LogP) is 1.85. The molecular formula is C9H10ClF2N3. The average Bonchev–Trinajstić information content (AvgIpc) is 2.20. The number of benzene rings is 1. The molecule has 0 aromatic heterocycles. The van der Waals surface area contributed by atoms with Crippen molar-refractivity contribution in [1.29, 1.82) is 0 Å². The van der Waals surface area contributed by atoms with Crippen molar-refractivity contribution in [3.8, 4) is 0 Å². The van der Waals surface area contributed by atoms with Gasteiger partial charge in [-0.1, -0.05) is 11.6 Å². The third kappa shape index (κ3) is 2.64.